The Morgan fingerprint density at radius 1 is 0.846 bits per heavy atom. The number of benzene rings is 3. The molecule has 0 saturated carbocycles. The molecule has 0 fully saturated rings. The first kappa shape index (κ1) is 17.5. The van der Waals surface area contributed by atoms with Gasteiger partial charge < -0.3 is 5.32 Å². The maximum Gasteiger partial charge on any atom is 0.296 e. The predicted molar refractivity (Wildman–Crippen MR) is 106 cm³/mol. The lowest BCUT2D eigenvalue weighted by molar-refractivity contribution is -0.115. The van der Waals surface area contributed by atoms with Crippen LogP contribution in [0.5, 0.6) is 0 Å². The molecule has 128 valence electrons. The fourth-order valence-corrected chi connectivity index (χ4v) is 2.88. The summed E-state index contributed by atoms with van der Waals surface area (Å²) < 4.78 is 0. The van der Waals surface area contributed by atoms with Crippen molar-refractivity contribution in [2.45, 2.75) is 12.8 Å². The molecule has 0 aliphatic carbocycles. The van der Waals surface area contributed by atoms with Crippen molar-refractivity contribution in [3.8, 4) is 11.8 Å². The van der Waals surface area contributed by atoms with Gasteiger partial charge in [-0.1, -0.05) is 84.8 Å². The monoisotopic (exact) mass is 339 g/mol. The molecule has 26 heavy (non-hydrogen) atoms. The van der Waals surface area contributed by atoms with Gasteiger partial charge in [-0.25, -0.2) is 0 Å². The van der Waals surface area contributed by atoms with Crippen LogP contribution in [0.4, 0.5) is 0 Å². The molecule has 0 heterocycles. The average Bonchev–Trinajstić information content (AvgIpc) is 2.69. The lowest BCUT2D eigenvalue weighted by Crippen LogP contribution is -2.27. The van der Waals surface area contributed by atoms with E-state index in [0.29, 0.717) is 6.54 Å². The summed E-state index contributed by atoms with van der Waals surface area (Å²) in [4.78, 5) is 12.2. The van der Waals surface area contributed by atoms with Crippen molar-refractivity contribution in [2.24, 2.45) is 0 Å². The second kappa shape index (κ2) is 8.69. The Kier molecular flexibility index (Phi) is 5.85. The van der Waals surface area contributed by atoms with Crippen LogP contribution in [0, 0.1) is 18.8 Å². The van der Waals surface area contributed by atoms with E-state index < -0.39 is 0 Å². The van der Waals surface area contributed by atoms with E-state index in [1.54, 1.807) is 0 Å². The molecule has 3 aromatic carbocycles. The topological polar surface area (TPSA) is 29.1 Å². The number of rotatable bonds is 4. The first-order valence-corrected chi connectivity index (χ1v) is 8.69. The molecular formula is C24H21NO. The third-order valence-electron chi connectivity index (χ3n) is 4.33. The summed E-state index contributed by atoms with van der Waals surface area (Å²) in [6.07, 6.45) is 0. The normalized spacial score (nSPS) is 10.1. The molecule has 2 heteroatoms. The molecule has 0 aliphatic heterocycles. The van der Waals surface area contributed by atoms with Crippen LogP contribution in [-0.2, 0) is 4.79 Å². The molecule has 0 aromatic heterocycles. The molecule has 0 radical (unpaired) electrons. The maximum absolute atomic E-state index is 12.2. The van der Waals surface area contributed by atoms with Gasteiger partial charge >= 0.3 is 0 Å². The standard InChI is InChI=1S/C24H21NO/c1-19-10-8-9-11-20(19)16-17-24(26)25-18-23(21-12-4-2-5-13-21)22-14-6-3-7-15-22/h2-15,23H,18H2,1H3,(H,25,26). The third kappa shape index (κ3) is 4.62. The Labute approximate surface area is 154 Å². The summed E-state index contributed by atoms with van der Waals surface area (Å²) >= 11 is 0. The number of hydrogen-bond acceptors (Lipinski definition) is 1. The van der Waals surface area contributed by atoms with E-state index in [1.165, 1.54) is 11.1 Å². The zero-order valence-electron chi connectivity index (χ0n) is 14.8. The van der Waals surface area contributed by atoms with Crippen LogP contribution in [0.15, 0.2) is 84.9 Å². The minimum atomic E-state index is -0.259. The molecule has 0 bridgehead atoms. The zero-order valence-corrected chi connectivity index (χ0v) is 14.8. The van der Waals surface area contributed by atoms with Gasteiger partial charge in [-0.2, -0.15) is 0 Å². The molecule has 1 amide bonds. The number of amides is 1. The number of nitrogens with one attached hydrogen (secondary N) is 1. The summed E-state index contributed by atoms with van der Waals surface area (Å²) in [5.74, 6) is 5.49. The Balaban J connectivity index is 1.73. The largest absolute Gasteiger partial charge is 0.344 e. The zero-order chi connectivity index (χ0) is 18.2. The molecule has 0 unspecified atom stereocenters. The number of carbonyl (C=O) groups is 1. The highest BCUT2D eigenvalue weighted by Crippen LogP contribution is 2.23. The lowest BCUT2D eigenvalue weighted by Gasteiger charge is -2.18. The van der Waals surface area contributed by atoms with Crippen LogP contribution in [0.3, 0.4) is 0 Å². The van der Waals surface area contributed by atoms with Gasteiger partial charge in [0.1, 0.15) is 0 Å². The van der Waals surface area contributed by atoms with Gasteiger partial charge in [0.05, 0.1) is 0 Å². The first-order valence-electron chi connectivity index (χ1n) is 8.69. The quantitative estimate of drug-likeness (QED) is 0.706. The van der Waals surface area contributed by atoms with E-state index in [-0.39, 0.29) is 11.8 Å². The minimum absolute atomic E-state index is 0.0987. The second-order valence-electron chi connectivity index (χ2n) is 6.15. The van der Waals surface area contributed by atoms with Crippen molar-refractivity contribution in [3.63, 3.8) is 0 Å². The fourth-order valence-electron chi connectivity index (χ4n) is 2.88. The van der Waals surface area contributed by atoms with Crippen molar-refractivity contribution in [1.82, 2.24) is 5.32 Å². The number of hydrogen-bond donors (Lipinski definition) is 1. The van der Waals surface area contributed by atoms with Crippen molar-refractivity contribution >= 4 is 5.91 Å². The fraction of sp³-hybridized carbons (Fsp3) is 0.125. The van der Waals surface area contributed by atoms with Gasteiger partial charge in [-0.05, 0) is 29.7 Å². The Hall–Kier alpha value is -3.31. The Bertz CT molecular complexity index is 881. The molecule has 0 saturated heterocycles. The Morgan fingerprint density at radius 3 is 1.96 bits per heavy atom. The SMILES string of the molecule is Cc1ccccc1C#CC(=O)NCC(c1ccccc1)c1ccccc1. The van der Waals surface area contributed by atoms with Crippen molar-refractivity contribution in [3.05, 3.63) is 107 Å². The summed E-state index contributed by atoms with van der Waals surface area (Å²) in [6, 6.07) is 28.2. The van der Waals surface area contributed by atoms with Crippen molar-refractivity contribution in [2.75, 3.05) is 6.54 Å². The lowest BCUT2D eigenvalue weighted by atomic mass is 9.91. The van der Waals surface area contributed by atoms with Gasteiger partial charge in [0, 0.05) is 23.9 Å². The molecule has 2 nitrogen and oxygen atoms in total. The highest BCUT2D eigenvalue weighted by atomic mass is 16.1. The average molecular weight is 339 g/mol. The number of aryl methyl sites for hydroxylation is 1. The smallest absolute Gasteiger partial charge is 0.296 e. The Morgan fingerprint density at radius 2 is 1.38 bits per heavy atom. The molecule has 3 rings (SSSR count). The van der Waals surface area contributed by atoms with Crippen LogP contribution >= 0.6 is 0 Å². The van der Waals surface area contributed by atoms with Gasteiger partial charge in [0.25, 0.3) is 5.91 Å². The van der Waals surface area contributed by atoms with Crippen molar-refractivity contribution in [1.29, 1.82) is 0 Å². The molecule has 0 spiro atoms. The minimum Gasteiger partial charge on any atom is -0.344 e. The van der Waals surface area contributed by atoms with E-state index in [2.05, 4.69) is 41.4 Å². The van der Waals surface area contributed by atoms with Gasteiger partial charge in [0.15, 0.2) is 0 Å². The van der Waals surface area contributed by atoms with Crippen LogP contribution in [0.2, 0.25) is 0 Å². The molecule has 1 N–H and O–H groups in total. The second-order valence-corrected chi connectivity index (χ2v) is 6.15. The van der Waals surface area contributed by atoms with Crippen molar-refractivity contribution < 1.29 is 4.79 Å². The number of carbonyl (C=O) groups excluding carboxylic acids is 1. The van der Waals surface area contributed by atoms with Crippen LogP contribution in [0.1, 0.15) is 28.2 Å². The van der Waals surface area contributed by atoms with Gasteiger partial charge in [-0.15, -0.1) is 0 Å². The highest BCUT2D eigenvalue weighted by molar-refractivity contribution is 5.94. The van der Waals surface area contributed by atoms with Gasteiger partial charge in [0.2, 0.25) is 0 Å². The van der Waals surface area contributed by atoms with E-state index in [4.69, 9.17) is 0 Å². The van der Waals surface area contributed by atoms with Crippen LogP contribution < -0.4 is 5.32 Å². The molecule has 3 aromatic rings. The van der Waals surface area contributed by atoms with E-state index in [1.807, 2.05) is 67.6 Å². The summed E-state index contributed by atoms with van der Waals surface area (Å²) in [5.41, 5.74) is 4.29. The summed E-state index contributed by atoms with van der Waals surface area (Å²) in [5, 5.41) is 2.96. The van der Waals surface area contributed by atoms with Gasteiger partial charge in [-0.3, -0.25) is 4.79 Å². The highest BCUT2D eigenvalue weighted by Gasteiger charge is 2.14. The third-order valence-corrected chi connectivity index (χ3v) is 4.33. The maximum atomic E-state index is 12.2. The van der Waals surface area contributed by atoms with E-state index >= 15 is 0 Å². The summed E-state index contributed by atoms with van der Waals surface area (Å²) in [7, 11) is 0. The predicted octanol–water partition coefficient (Wildman–Crippen LogP) is 4.29. The first-order chi connectivity index (χ1) is 12.7. The molecule has 0 aliphatic rings. The summed E-state index contributed by atoms with van der Waals surface area (Å²) in [6.45, 7) is 2.50. The van der Waals surface area contributed by atoms with E-state index in [0.717, 1.165) is 11.1 Å². The molecule has 0 atom stereocenters. The van der Waals surface area contributed by atoms with Crippen LogP contribution in [0.25, 0.3) is 0 Å². The van der Waals surface area contributed by atoms with Crippen LogP contribution in [-0.4, -0.2) is 12.5 Å². The van der Waals surface area contributed by atoms with E-state index in [9.17, 15) is 4.79 Å². The molecular weight excluding hydrogens is 318 g/mol.